The van der Waals surface area contributed by atoms with Crippen LogP contribution in [0.4, 0.5) is 0 Å². The van der Waals surface area contributed by atoms with Crippen molar-refractivity contribution in [1.29, 1.82) is 0 Å². The number of aromatic hydroxyl groups is 1. The molecule has 4 nitrogen and oxygen atoms in total. The number of nitrogens with zero attached hydrogens (tertiary/aromatic N) is 1. The summed E-state index contributed by atoms with van der Waals surface area (Å²) in [6.07, 6.45) is 0.546. The van der Waals surface area contributed by atoms with E-state index in [9.17, 15) is 9.90 Å². The largest absolute Gasteiger partial charge is 0.507 e. The first kappa shape index (κ1) is 13.9. The fraction of sp³-hybridized carbons (Fsp3) is 0.211. The Balaban J connectivity index is 2.19. The number of hydrogen-bond acceptors (Lipinski definition) is 3. The van der Waals surface area contributed by atoms with Crippen molar-refractivity contribution in [3.63, 3.8) is 0 Å². The van der Waals surface area contributed by atoms with Crippen LogP contribution in [0.1, 0.15) is 12.5 Å². The Hall–Kier alpha value is -2.75. The standard InChI is InChI=1S/C19H17NO3/c1-10(2)15-8-12-16(23-15)9-14(21)17-18(12)20(3)13-7-5-4-6-11(13)19(17)22/h4-7,9,15,21H,1,8H2,2-3H3/t15-/m1/s1. The van der Waals surface area contributed by atoms with Crippen LogP contribution in [0.5, 0.6) is 11.5 Å². The first-order chi connectivity index (χ1) is 11.0. The lowest BCUT2D eigenvalue weighted by Gasteiger charge is -2.14. The zero-order valence-electron chi connectivity index (χ0n) is 13.1. The van der Waals surface area contributed by atoms with Crippen LogP contribution in [0.15, 0.2) is 47.3 Å². The van der Waals surface area contributed by atoms with Crippen molar-refractivity contribution in [2.24, 2.45) is 7.05 Å². The van der Waals surface area contributed by atoms with E-state index in [1.807, 2.05) is 36.7 Å². The number of phenolic OH excluding ortho intramolecular Hbond substituents is 1. The van der Waals surface area contributed by atoms with Gasteiger partial charge in [-0.25, -0.2) is 0 Å². The molecule has 1 aliphatic rings. The molecule has 1 N–H and O–H groups in total. The molecule has 23 heavy (non-hydrogen) atoms. The van der Waals surface area contributed by atoms with Gasteiger partial charge in [0.1, 0.15) is 17.6 Å². The zero-order chi connectivity index (χ0) is 16.3. The van der Waals surface area contributed by atoms with E-state index in [0.717, 1.165) is 22.2 Å². The molecule has 4 rings (SSSR count). The summed E-state index contributed by atoms with van der Waals surface area (Å²) in [7, 11) is 1.91. The predicted molar refractivity (Wildman–Crippen MR) is 91.3 cm³/mol. The van der Waals surface area contributed by atoms with Crippen molar-refractivity contribution >= 4 is 21.8 Å². The molecule has 0 aliphatic carbocycles. The molecule has 1 aromatic heterocycles. The number of aromatic nitrogens is 1. The molecular formula is C19H17NO3. The number of rotatable bonds is 1. The van der Waals surface area contributed by atoms with E-state index in [0.29, 0.717) is 22.9 Å². The highest BCUT2D eigenvalue weighted by molar-refractivity contribution is 5.99. The van der Waals surface area contributed by atoms with Gasteiger partial charge in [-0.2, -0.15) is 0 Å². The van der Waals surface area contributed by atoms with E-state index in [1.54, 1.807) is 12.1 Å². The summed E-state index contributed by atoms with van der Waals surface area (Å²) in [4.78, 5) is 12.8. The molecule has 2 heterocycles. The third-order valence-corrected chi connectivity index (χ3v) is 4.62. The minimum atomic E-state index is -0.146. The van der Waals surface area contributed by atoms with Crippen LogP contribution in [0.25, 0.3) is 21.8 Å². The highest BCUT2D eigenvalue weighted by Gasteiger charge is 2.29. The molecule has 0 saturated carbocycles. The summed E-state index contributed by atoms with van der Waals surface area (Å²) < 4.78 is 7.86. The van der Waals surface area contributed by atoms with Gasteiger partial charge in [0.25, 0.3) is 0 Å². The summed E-state index contributed by atoms with van der Waals surface area (Å²) in [5.41, 5.74) is 3.33. The Kier molecular flexibility index (Phi) is 2.79. The Morgan fingerprint density at radius 1 is 1.39 bits per heavy atom. The Labute approximate surface area is 133 Å². The van der Waals surface area contributed by atoms with Gasteiger partial charge in [-0.15, -0.1) is 0 Å². The van der Waals surface area contributed by atoms with Crippen LogP contribution in [-0.4, -0.2) is 15.8 Å². The topological polar surface area (TPSA) is 51.5 Å². The van der Waals surface area contributed by atoms with E-state index in [2.05, 4.69) is 6.58 Å². The number of para-hydroxylation sites is 1. The van der Waals surface area contributed by atoms with Crippen LogP contribution >= 0.6 is 0 Å². The van der Waals surface area contributed by atoms with Gasteiger partial charge in [0, 0.05) is 30.5 Å². The van der Waals surface area contributed by atoms with Crippen LogP contribution in [0.3, 0.4) is 0 Å². The molecule has 0 unspecified atom stereocenters. The summed E-state index contributed by atoms with van der Waals surface area (Å²) in [6.45, 7) is 5.88. The lowest BCUT2D eigenvalue weighted by Crippen LogP contribution is -2.13. The maximum absolute atomic E-state index is 12.8. The molecule has 4 heteroatoms. The third-order valence-electron chi connectivity index (χ3n) is 4.62. The molecule has 3 aromatic rings. The zero-order valence-corrected chi connectivity index (χ0v) is 13.1. The van der Waals surface area contributed by atoms with Gasteiger partial charge in [0.05, 0.1) is 16.4 Å². The van der Waals surface area contributed by atoms with Gasteiger partial charge in [0.15, 0.2) is 0 Å². The van der Waals surface area contributed by atoms with Crippen LogP contribution in [0, 0.1) is 0 Å². The molecule has 1 aliphatic heterocycles. The van der Waals surface area contributed by atoms with Crippen molar-refractivity contribution in [3.8, 4) is 11.5 Å². The molecule has 116 valence electrons. The Morgan fingerprint density at radius 3 is 2.87 bits per heavy atom. The monoisotopic (exact) mass is 307 g/mol. The summed E-state index contributed by atoms with van der Waals surface area (Å²) in [5, 5.41) is 11.4. The lowest BCUT2D eigenvalue weighted by molar-refractivity contribution is 0.270. The maximum atomic E-state index is 12.8. The molecule has 0 radical (unpaired) electrons. The normalized spacial score (nSPS) is 16.5. The first-order valence-electron chi connectivity index (χ1n) is 7.57. The fourth-order valence-corrected chi connectivity index (χ4v) is 3.44. The van der Waals surface area contributed by atoms with Gasteiger partial charge in [-0.3, -0.25) is 4.79 Å². The van der Waals surface area contributed by atoms with Crippen molar-refractivity contribution in [1.82, 2.24) is 4.57 Å². The minimum absolute atomic E-state index is 0.0348. The lowest BCUT2D eigenvalue weighted by atomic mass is 10.00. The van der Waals surface area contributed by atoms with Crippen LogP contribution in [-0.2, 0) is 13.5 Å². The van der Waals surface area contributed by atoms with Crippen LogP contribution < -0.4 is 10.2 Å². The minimum Gasteiger partial charge on any atom is -0.507 e. The van der Waals surface area contributed by atoms with E-state index in [4.69, 9.17) is 4.74 Å². The van der Waals surface area contributed by atoms with Crippen molar-refractivity contribution in [2.75, 3.05) is 0 Å². The van der Waals surface area contributed by atoms with Crippen LogP contribution in [0.2, 0.25) is 0 Å². The van der Waals surface area contributed by atoms with E-state index in [1.165, 1.54) is 0 Å². The fourth-order valence-electron chi connectivity index (χ4n) is 3.44. The van der Waals surface area contributed by atoms with Gasteiger partial charge < -0.3 is 14.4 Å². The number of fused-ring (bicyclic) bond motifs is 4. The molecule has 0 bridgehead atoms. The first-order valence-corrected chi connectivity index (χ1v) is 7.57. The average molecular weight is 307 g/mol. The molecular weight excluding hydrogens is 290 g/mol. The smallest absolute Gasteiger partial charge is 0.200 e. The van der Waals surface area contributed by atoms with Gasteiger partial charge in [-0.05, 0) is 24.6 Å². The average Bonchev–Trinajstić information content (AvgIpc) is 2.95. The Morgan fingerprint density at radius 2 is 2.13 bits per heavy atom. The number of benzene rings is 2. The van der Waals surface area contributed by atoms with E-state index >= 15 is 0 Å². The van der Waals surface area contributed by atoms with E-state index < -0.39 is 0 Å². The number of aryl methyl sites for hydroxylation is 1. The summed E-state index contributed by atoms with van der Waals surface area (Å²) in [6, 6.07) is 9.00. The highest BCUT2D eigenvalue weighted by Crippen LogP contribution is 2.40. The molecule has 0 amide bonds. The second-order valence-corrected chi connectivity index (χ2v) is 6.16. The predicted octanol–water partition coefficient (Wildman–Crippen LogP) is 3.28. The highest BCUT2D eigenvalue weighted by atomic mass is 16.5. The van der Waals surface area contributed by atoms with Crippen molar-refractivity contribution in [3.05, 3.63) is 58.3 Å². The molecule has 0 spiro atoms. The van der Waals surface area contributed by atoms with Gasteiger partial charge in [-0.1, -0.05) is 18.7 Å². The summed E-state index contributed by atoms with van der Waals surface area (Å²) >= 11 is 0. The van der Waals surface area contributed by atoms with Crippen molar-refractivity contribution < 1.29 is 9.84 Å². The van der Waals surface area contributed by atoms with Gasteiger partial charge in [0.2, 0.25) is 5.43 Å². The molecule has 0 fully saturated rings. The second-order valence-electron chi connectivity index (χ2n) is 6.16. The van der Waals surface area contributed by atoms with E-state index in [-0.39, 0.29) is 17.3 Å². The molecule has 0 saturated heterocycles. The number of phenols is 1. The number of pyridine rings is 1. The second kappa shape index (κ2) is 4.62. The molecule has 1 atom stereocenters. The number of hydrogen-bond donors (Lipinski definition) is 1. The third kappa shape index (κ3) is 1.81. The van der Waals surface area contributed by atoms with Gasteiger partial charge >= 0.3 is 0 Å². The van der Waals surface area contributed by atoms with Crippen molar-refractivity contribution in [2.45, 2.75) is 19.4 Å². The quantitative estimate of drug-likeness (QED) is 0.554. The summed E-state index contributed by atoms with van der Waals surface area (Å²) in [5.74, 6) is 0.598. The maximum Gasteiger partial charge on any atom is 0.200 e. The molecule has 2 aromatic carbocycles. The number of ether oxygens (including phenoxy) is 1. The Bertz CT molecular complexity index is 1050. The SMILES string of the molecule is C=C(C)[C@H]1Cc2c(cc(O)c3c(=O)c4ccccc4n(C)c23)O1.